The highest BCUT2D eigenvalue weighted by molar-refractivity contribution is 6.35. The molecule has 4 aromatic rings. The van der Waals surface area contributed by atoms with Crippen LogP contribution >= 0.6 is 23.2 Å². The highest BCUT2D eigenvalue weighted by atomic mass is 35.5. The predicted molar refractivity (Wildman–Crippen MR) is 116 cm³/mol. The first kappa shape index (κ1) is 20.4. The van der Waals surface area contributed by atoms with Crippen LogP contribution in [-0.2, 0) is 17.9 Å². The molecule has 0 aliphatic heterocycles. The van der Waals surface area contributed by atoms with Crippen LogP contribution in [0, 0.1) is 0 Å². The van der Waals surface area contributed by atoms with Crippen molar-refractivity contribution < 1.29 is 9.90 Å². The summed E-state index contributed by atoms with van der Waals surface area (Å²) in [5.41, 5.74) is 2.88. The maximum atomic E-state index is 10.6. The molecule has 0 unspecified atom stereocenters. The maximum absolute atomic E-state index is 10.6. The number of carboxylic acids is 1. The Bertz CT molecular complexity index is 1200. The fourth-order valence-electron chi connectivity index (χ4n) is 3.36. The standard InChI is InChI=1S/C21H19Cl2N5O2/c22-15-9-8-14(18(23)11-15)12-27-13-17(16-5-1-2-6-19(16)27)21-24-26-28(25-21)10-4-3-7-20(29)30/h1-2,5-6,8-9,11,13H,3-4,7,10,12H2,(H,29,30). The third kappa shape index (κ3) is 4.47. The fourth-order valence-corrected chi connectivity index (χ4v) is 3.83. The molecule has 7 nitrogen and oxygen atoms in total. The lowest BCUT2D eigenvalue weighted by atomic mass is 10.2. The lowest BCUT2D eigenvalue weighted by molar-refractivity contribution is -0.137. The van der Waals surface area contributed by atoms with E-state index >= 15 is 0 Å². The number of carboxylic acid groups (broad SMARTS) is 1. The summed E-state index contributed by atoms with van der Waals surface area (Å²) in [5, 5.41) is 23.8. The summed E-state index contributed by atoms with van der Waals surface area (Å²) in [5.74, 6) is -0.263. The number of rotatable bonds is 8. The smallest absolute Gasteiger partial charge is 0.303 e. The number of aliphatic carboxylic acids is 1. The number of hydrogen-bond acceptors (Lipinski definition) is 4. The van der Waals surface area contributed by atoms with Crippen molar-refractivity contribution in [1.82, 2.24) is 24.8 Å². The van der Waals surface area contributed by atoms with Crippen molar-refractivity contribution in [3.05, 3.63) is 64.3 Å². The number of para-hydroxylation sites is 1. The van der Waals surface area contributed by atoms with Crippen LogP contribution in [0.5, 0.6) is 0 Å². The van der Waals surface area contributed by atoms with Crippen molar-refractivity contribution in [2.75, 3.05) is 0 Å². The molecule has 0 spiro atoms. The number of halogens is 2. The molecule has 2 aromatic heterocycles. The number of nitrogens with zero attached hydrogens (tertiary/aromatic N) is 5. The maximum Gasteiger partial charge on any atom is 0.303 e. The quantitative estimate of drug-likeness (QED) is 0.391. The Kier molecular flexibility index (Phi) is 6.01. The zero-order valence-electron chi connectivity index (χ0n) is 16.0. The van der Waals surface area contributed by atoms with E-state index < -0.39 is 5.97 Å². The van der Waals surface area contributed by atoms with Gasteiger partial charge >= 0.3 is 5.97 Å². The molecule has 154 valence electrons. The molecule has 0 bridgehead atoms. The fraction of sp³-hybridized carbons (Fsp3) is 0.238. The summed E-state index contributed by atoms with van der Waals surface area (Å²) in [7, 11) is 0. The van der Waals surface area contributed by atoms with Gasteiger partial charge in [-0.15, -0.1) is 10.2 Å². The second-order valence-electron chi connectivity index (χ2n) is 6.98. The molecule has 2 aromatic carbocycles. The zero-order chi connectivity index (χ0) is 21.1. The van der Waals surface area contributed by atoms with E-state index in [4.69, 9.17) is 28.3 Å². The van der Waals surface area contributed by atoms with Gasteiger partial charge in [0.25, 0.3) is 0 Å². The first-order chi connectivity index (χ1) is 14.5. The summed E-state index contributed by atoms with van der Waals surface area (Å²) >= 11 is 12.4. The van der Waals surface area contributed by atoms with Crippen LogP contribution < -0.4 is 0 Å². The highest BCUT2D eigenvalue weighted by Crippen LogP contribution is 2.30. The first-order valence-corrected chi connectivity index (χ1v) is 10.3. The van der Waals surface area contributed by atoms with Crippen LogP contribution in [0.4, 0.5) is 0 Å². The van der Waals surface area contributed by atoms with Crippen LogP contribution in [-0.4, -0.2) is 35.9 Å². The number of benzene rings is 2. The number of aromatic nitrogens is 5. The van der Waals surface area contributed by atoms with Gasteiger partial charge in [-0.05, 0) is 41.8 Å². The molecule has 0 aliphatic carbocycles. The highest BCUT2D eigenvalue weighted by Gasteiger charge is 2.15. The van der Waals surface area contributed by atoms with Gasteiger partial charge in [-0.1, -0.05) is 47.5 Å². The lowest BCUT2D eigenvalue weighted by Gasteiger charge is -2.08. The molecule has 0 amide bonds. The molecule has 0 radical (unpaired) electrons. The molecule has 30 heavy (non-hydrogen) atoms. The second kappa shape index (κ2) is 8.85. The Balaban J connectivity index is 1.60. The van der Waals surface area contributed by atoms with E-state index in [-0.39, 0.29) is 6.42 Å². The largest absolute Gasteiger partial charge is 0.481 e. The molecular formula is C21H19Cl2N5O2. The van der Waals surface area contributed by atoms with Gasteiger partial charge in [0.1, 0.15) is 0 Å². The second-order valence-corrected chi connectivity index (χ2v) is 7.83. The number of unbranched alkanes of at least 4 members (excludes halogenated alkanes) is 1. The van der Waals surface area contributed by atoms with Crippen molar-refractivity contribution in [3.63, 3.8) is 0 Å². The van der Waals surface area contributed by atoms with E-state index in [1.165, 1.54) is 4.80 Å². The molecule has 1 N–H and O–H groups in total. The molecule has 2 heterocycles. The molecule has 0 fully saturated rings. The summed E-state index contributed by atoms with van der Waals surface area (Å²) < 4.78 is 2.10. The average molecular weight is 444 g/mol. The predicted octanol–water partition coefficient (Wildman–Crippen LogP) is 4.90. The zero-order valence-corrected chi connectivity index (χ0v) is 17.5. The van der Waals surface area contributed by atoms with Gasteiger partial charge in [0, 0.05) is 45.7 Å². The third-order valence-corrected chi connectivity index (χ3v) is 5.42. The van der Waals surface area contributed by atoms with E-state index in [1.807, 2.05) is 42.6 Å². The lowest BCUT2D eigenvalue weighted by Crippen LogP contribution is -2.04. The molecule has 0 saturated heterocycles. The number of aryl methyl sites for hydroxylation is 1. The Morgan fingerprint density at radius 1 is 1.10 bits per heavy atom. The summed E-state index contributed by atoms with van der Waals surface area (Å²) in [4.78, 5) is 12.1. The number of carbonyl (C=O) groups is 1. The van der Waals surface area contributed by atoms with Gasteiger partial charge in [0.05, 0.1) is 6.54 Å². The Hall–Kier alpha value is -2.90. The Labute approximate surface area is 182 Å². The molecule has 9 heteroatoms. The van der Waals surface area contributed by atoms with Crippen molar-refractivity contribution in [3.8, 4) is 11.4 Å². The third-order valence-electron chi connectivity index (χ3n) is 4.84. The minimum absolute atomic E-state index is 0.141. The van der Waals surface area contributed by atoms with Crippen LogP contribution in [0.1, 0.15) is 24.8 Å². The van der Waals surface area contributed by atoms with Crippen molar-refractivity contribution in [2.45, 2.75) is 32.4 Å². The molecule has 0 saturated carbocycles. The summed E-state index contributed by atoms with van der Waals surface area (Å²) in [6.45, 7) is 1.11. The van der Waals surface area contributed by atoms with E-state index in [1.54, 1.807) is 6.07 Å². The Morgan fingerprint density at radius 3 is 2.73 bits per heavy atom. The minimum Gasteiger partial charge on any atom is -0.481 e. The van der Waals surface area contributed by atoms with Crippen molar-refractivity contribution in [2.24, 2.45) is 0 Å². The van der Waals surface area contributed by atoms with E-state index in [0.717, 1.165) is 22.0 Å². The number of fused-ring (bicyclic) bond motifs is 1. The van der Waals surface area contributed by atoms with Gasteiger partial charge in [0.2, 0.25) is 5.82 Å². The first-order valence-electron chi connectivity index (χ1n) is 9.53. The normalized spacial score (nSPS) is 11.3. The van der Waals surface area contributed by atoms with Crippen LogP contribution in [0.2, 0.25) is 10.0 Å². The van der Waals surface area contributed by atoms with E-state index in [0.29, 0.717) is 41.8 Å². The van der Waals surface area contributed by atoms with E-state index in [2.05, 4.69) is 20.0 Å². The van der Waals surface area contributed by atoms with Gasteiger partial charge in [-0.2, -0.15) is 4.80 Å². The molecular weight excluding hydrogens is 425 g/mol. The summed E-state index contributed by atoms with van der Waals surface area (Å²) in [6, 6.07) is 13.5. The van der Waals surface area contributed by atoms with Crippen LogP contribution in [0.15, 0.2) is 48.7 Å². The Morgan fingerprint density at radius 2 is 1.93 bits per heavy atom. The molecule has 0 aliphatic rings. The van der Waals surface area contributed by atoms with Crippen LogP contribution in [0.25, 0.3) is 22.3 Å². The van der Waals surface area contributed by atoms with Gasteiger partial charge < -0.3 is 9.67 Å². The summed E-state index contributed by atoms with van der Waals surface area (Å²) in [6.07, 6.45) is 3.40. The van der Waals surface area contributed by atoms with Gasteiger partial charge in [-0.3, -0.25) is 4.79 Å². The molecule has 0 atom stereocenters. The van der Waals surface area contributed by atoms with Crippen molar-refractivity contribution >= 4 is 40.1 Å². The molecule has 4 rings (SSSR count). The minimum atomic E-state index is -0.796. The number of tetrazole rings is 1. The van der Waals surface area contributed by atoms with E-state index in [9.17, 15) is 4.79 Å². The van der Waals surface area contributed by atoms with Gasteiger partial charge in [0.15, 0.2) is 0 Å². The monoisotopic (exact) mass is 443 g/mol. The SMILES string of the molecule is O=C(O)CCCCn1nnc(-c2cn(Cc3ccc(Cl)cc3Cl)c3ccccc23)n1. The van der Waals surface area contributed by atoms with Crippen LogP contribution in [0.3, 0.4) is 0 Å². The van der Waals surface area contributed by atoms with Gasteiger partial charge in [-0.25, -0.2) is 0 Å². The number of hydrogen-bond donors (Lipinski definition) is 1. The topological polar surface area (TPSA) is 85.8 Å². The average Bonchev–Trinajstić information content (AvgIpc) is 3.32. The van der Waals surface area contributed by atoms with Crippen molar-refractivity contribution in [1.29, 1.82) is 0 Å².